The Morgan fingerprint density at radius 1 is 1.17 bits per heavy atom. The average Bonchev–Trinajstić information content (AvgIpc) is 3.30. The highest BCUT2D eigenvalue weighted by molar-refractivity contribution is 5.93. The Morgan fingerprint density at radius 2 is 2.04 bits per heavy atom. The molecular formula is C18H15N3O3. The van der Waals surface area contributed by atoms with E-state index >= 15 is 0 Å². The fourth-order valence-electron chi connectivity index (χ4n) is 2.53. The summed E-state index contributed by atoms with van der Waals surface area (Å²) in [5.74, 6) is 1.87. The van der Waals surface area contributed by atoms with Gasteiger partial charge in [-0.2, -0.15) is 5.10 Å². The third kappa shape index (κ3) is 2.69. The summed E-state index contributed by atoms with van der Waals surface area (Å²) >= 11 is 0. The molecule has 1 aromatic carbocycles. The third-order valence-corrected chi connectivity index (χ3v) is 3.72. The predicted molar refractivity (Wildman–Crippen MR) is 88.4 cm³/mol. The van der Waals surface area contributed by atoms with Crippen molar-refractivity contribution in [3.63, 3.8) is 0 Å². The molecule has 0 saturated heterocycles. The Morgan fingerprint density at radius 3 is 2.83 bits per heavy atom. The quantitative estimate of drug-likeness (QED) is 0.601. The van der Waals surface area contributed by atoms with Gasteiger partial charge in [0.1, 0.15) is 22.8 Å². The lowest BCUT2D eigenvalue weighted by Gasteiger charge is -1.99. The molecule has 24 heavy (non-hydrogen) atoms. The Kier molecular flexibility index (Phi) is 3.42. The molecule has 0 unspecified atom stereocenters. The number of H-pyrrole nitrogens is 1. The van der Waals surface area contributed by atoms with Gasteiger partial charge in [0.05, 0.1) is 6.54 Å². The van der Waals surface area contributed by atoms with Gasteiger partial charge >= 0.3 is 0 Å². The summed E-state index contributed by atoms with van der Waals surface area (Å²) in [5.41, 5.74) is 1.77. The average molecular weight is 321 g/mol. The second kappa shape index (κ2) is 5.73. The molecule has 4 rings (SSSR count). The molecule has 6 nitrogen and oxygen atoms in total. The molecule has 6 heteroatoms. The number of hydrogen-bond donors (Lipinski definition) is 2. The summed E-state index contributed by atoms with van der Waals surface area (Å²) in [4.78, 5) is 12.2. The molecule has 3 heterocycles. The number of benzene rings is 1. The molecule has 0 aliphatic heterocycles. The number of para-hydroxylation sites is 1. The van der Waals surface area contributed by atoms with Crippen molar-refractivity contribution in [2.24, 2.45) is 0 Å². The number of aromatic amines is 1. The van der Waals surface area contributed by atoms with Crippen molar-refractivity contribution >= 4 is 16.9 Å². The minimum atomic E-state index is -0.277. The zero-order valence-corrected chi connectivity index (χ0v) is 13.0. The second-order valence-electron chi connectivity index (χ2n) is 5.51. The number of aromatic nitrogens is 2. The monoisotopic (exact) mass is 321 g/mol. The van der Waals surface area contributed by atoms with E-state index in [9.17, 15) is 4.79 Å². The Hall–Kier alpha value is -3.28. The number of amides is 1. The normalized spacial score (nSPS) is 11.0. The van der Waals surface area contributed by atoms with Gasteiger partial charge in [-0.15, -0.1) is 0 Å². The SMILES string of the molecule is Cc1ccc(-c2cc(C(=O)NCc3cc4ccccc4o3)n[nH]2)o1. The van der Waals surface area contributed by atoms with E-state index in [2.05, 4.69) is 15.5 Å². The lowest BCUT2D eigenvalue weighted by Crippen LogP contribution is -2.22. The number of aryl methyl sites for hydroxylation is 1. The second-order valence-corrected chi connectivity index (χ2v) is 5.51. The summed E-state index contributed by atoms with van der Waals surface area (Å²) in [6.45, 7) is 2.16. The summed E-state index contributed by atoms with van der Waals surface area (Å²) < 4.78 is 11.2. The molecule has 0 fully saturated rings. The van der Waals surface area contributed by atoms with E-state index in [-0.39, 0.29) is 5.91 Å². The summed E-state index contributed by atoms with van der Waals surface area (Å²) in [6.07, 6.45) is 0. The van der Waals surface area contributed by atoms with E-state index in [1.807, 2.05) is 49.4 Å². The van der Waals surface area contributed by atoms with Crippen LogP contribution in [-0.2, 0) is 6.54 Å². The molecule has 4 aromatic rings. The van der Waals surface area contributed by atoms with Crippen molar-refractivity contribution in [1.29, 1.82) is 0 Å². The number of rotatable bonds is 4. The summed E-state index contributed by atoms with van der Waals surface area (Å²) in [5, 5.41) is 10.6. The Bertz CT molecular complexity index is 976. The van der Waals surface area contributed by atoms with Crippen molar-refractivity contribution < 1.29 is 13.6 Å². The number of carbonyl (C=O) groups is 1. The van der Waals surface area contributed by atoms with Crippen LogP contribution >= 0.6 is 0 Å². The summed E-state index contributed by atoms with van der Waals surface area (Å²) in [7, 11) is 0. The van der Waals surface area contributed by atoms with Crippen molar-refractivity contribution in [1.82, 2.24) is 15.5 Å². The van der Waals surface area contributed by atoms with Crippen LogP contribution < -0.4 is 5.32 Å². The van der Waals surface area contributed by atoms with E-state index in [0.29, 0.717) is 29.5 Å². The molecule has 120 valence electrons. The van der Waals surface area contributed by atoms with Crippen molar-refractivity contribution in [3.8, 4) is 11.5 Å². The van der Waals surface area contributed by atoms with Crippen LogP contribution in [-0.4, -0.2) is 16.1 Å². The summed E-state index contributed by atoms with van der Waals surface area (Å²) in [6, 6.07) is 15.0. The van der Waals surface area contributed by atoms with Gasteiger partial charge in [0.15, 0.2) is 11.5 Å². The molecular weight excluding hydrogens is 306 g/mol. The highest BCUT2D eigenvalue weighted by Gasteiger charge is 2.13. The molecule has 0 aliphatic carbocycles. The van der Waals surface area contributed by atoms with Crippen molar-refractivity contribution in [2.75, 3.05) is 0 Å². The van der Waals surface area contributed by atoms with Crippen molar-refractivity contribution in [3.05, 3.63) is 65.7 Å². The fraction of sp³-hybridized carbons (Fsp3) is 0.111. The number of nitrogens with one attached hydrogen (secondary N) is 2. The van der Waals surface area contributed by atoms with Crippen LogP contribution in [0, 0.1) is 6.92 Å². The van der Waals surface area contributed by atoms with E-state index in [4.69, 9.17) is 8.83 Å². The van der Waals surface area contributed by atoms with E-state index in [1.165, 1.54) is 0 Å². The predicted octanol–water partition coefficient (Wildman–Crippen LogP) is 3.65. The minimum Gasteiger partial charge on any atom is -0.460 e. The largest absolute Gasteiger partial charge is 0.460 e. The number of furan rings is 2. The highest BCUT2D eigenvalue weighted by atomic mass is 16.3. The van der Waals surface area contributed by atoms with Crippen LogP contribution in [0.5, 0.6) is 0 Å². The molecule has 0 saturated carbocycles. The van der Waals surface area contributed by atoms with Gasteiger partial charge < -0.3 is 14.2 Å². The van der Waals surface area contributed by atoms with Crippen molar-refractivity contribution in [2.45, 2.75) is 13.5 Å². The smallest absolute Gasteiger partial charge is 0.272 e. The molecule has 0 aliphatic rings. The zero-order chi connectivity index (χ0) is 16.5. The third-order valence-electron chi connectivity index (χ3n) is 3.72. The fourth-order valence-corrected chi connectivity index (χ4v) is 2.53. The molecule has 0 atom stereocenters. The maximum atomic E-state index is 12.2. The number of carbonyl (C=O) groups excluding carboxylic acids is 1. The molecule has 1 amide bonds. The number of fused-ring (bicyclic) bond motifs is 1. The highest BCUT2D eigenvalue weighted by Crippen LogP contribution is 2.21. The van der Waals surface area contributed by atoms with Gasteiger partial charge in [0.25, 0.3) is 5.91 Å². The van der Waals surface area contributed by atoms with Crippen LogP contribution in [0.4, 0.5) is 0 Å². The van der Waals surface area contributed by atoms with Crippen LogP contribution in [0.3, 0.4) is 0 Å². The standard InChI is InChI=1S/C18H15N3O3/c1-11-6-7-17(23-11)14-9-15(21-20-14)18(22)19-10-13-8-12-4-2-3-5-16(12)24-13/h2-9H,10H2,1H3,(H,19,22)(H,20,21). The van der Waals surface area contributed by atoms with Gasteiger partial charge in [-0.3, -0.25) is 9.89 Å². The lowest BCUT2D eigenvalue weighted by molar-refractivity contribution is 0.0943. The maximum Gasteiger partial charge on any atom is 0.272 e. The number of nitrogens with zero attached hydrogens (tertiary/aromatic N) is 1. The van der Waals surface area contributed by atoms with Crippen LogP contribution in [0.1, 0.15) is 22.0 Å². The molecule has 0 radical (unpaired) electrons. The van der Waals surface area contributed by atoms with Crippen LogP contribution in [0.25, 0.3) is 22.4 Å². The first-order valence-electron chi connectivity index (χ1n) is 7.57. The van der Waals surface area contributed by atoms with E-state index in [1.54, 1.807) is 6.07 Å². The van der Waals surface area contributed by atoms with Gasteiger partial charge in [-0.1, -0.05) is 18.2 Å². The number of hydrogen-bond acceptors (Lipinski definition) is 4. The molecule has 0 bridgehead atoms. The van der Waals surface area contributed by atoms with E-state index < -0.39 is 0 Å². The van der Waals surface area contributed by atoms with Gasteiger partial charge in [0, 0.05) is 11.5 Å². The van der Waals surface area contributed by atoms with Crippen LogP contribution in [0.2, 0.25) is 0 Å². The first kappa shape index (κ1) is 14.3. The first-order valence-corrected chi connectivity index (χ1v) is 7.57. The molecule has 3 aromatic heterocycles. The zero-order valence-electron chi connectivity index (χ0n) is 13.0. The van der Waals surface area contributed by atoms with Gasteiger partial charge in [-0.25, -0.2) is 0 Å². The lowest BCUT2D eigenvalue weighted by atomic mass is 10.2. The molecule has 0 spiro atoms. The minimum absolute atomic E-state index is 0.277. The topological polar surface area (TPSA) is 84.1 Å². The maximum absolute atomic E-state index is 12.2. The van der Waals surface area contributed by atoms with Gasteiger partial charge in [0.2, 0.25) is 0 Å². The van der Waals surface area contributed by atoms with Crippen LogP contribution in [0.15, 0.2) is 57.4 Å². The van der Waals surface area contributed by atoms with Gasteiger partial charge in [-0.05, 0) is 31.2 Å². The van der Waals surface area contributed by atoms with E-state index in [0.717, 1.165) is 16.7 Å². The first-order chi connectivity index (χ1) is 11.7. The Labute approximate surface area is 137 Å². The molecule has 2 N–H and O–H groups in total. The Balaban J connectivity index is 1.45.